The highest BCUT2D eigenvalue weighted by Crippen LogP contribution is 2.26. The molecule has 100 valence electrons. The summed E-state index contributed by atoms with van der Waals surface area (Å²) in [6, 6.07) is 9.25. The topological polar surface area (TPSA) is 21.3 Å². The van der Waals surface area contributed by atoms with Crippen LogP contribution in [0.25, 0.3) is 0 Å². The van der Waals surface area contributed by atoms with Crippen LogP contribution in [0.15, 0.2) is 36.4 Å². The van der Waals surface area contributed by atoms with Gasteiger partial charge in [0.2, 0.25) is 0 Å². The Morgan fingerprint density at radius 2 is 1.89 bits per heavy atom. The van der Waals surface area contributed by atoms with Gasteiger partial charge in [-0.05, 0) is 30.7 Å². The fraction of sp³-hybridized carbons (Fsp3) is 0.200. The molecule has 0 radical (unpaired) electrons. The Morgan fingerprint density at radius 1 is 1.11 bits per heavy atom. The number of benzene rings is 2. The summed E-state index contributed by atoms with van der Waals surface area (Å²) in [6.07, 6.45) is 0. The van der Waals surface area contributed by atoms with Crippen molar-refractivity contribution in [3.05, 3.63) is 59.2 Å². The number of aryl methyl sites for hydroxylation is 1. The van der Waals surface area contributed by atoms with Gasteiger partial charge in [0.05, 0.1) is 12.8 Å². The first-order valence-corrected chi connectivity index (χ1v) is 5.92. The van der Waals surface area contributed by atoms with Crippen molar-refractivity contribution in [3.63, 3.8) is 0 Å². The zero-order chi connectivity index (χ0) is 13.8. The summed E-state index contributed by atoms with van der Waals surface area (Å²) in [5, 5.41) is 3.08. The van der Waals surface area contributed by atoms with Crippen LogP contribution in [0.1, 0.15) is 11.1 Å². The van der Waals surface area contributed by atoms with E-state index in [1.54, 1.807) is 7.11 Å². The highest BCUT2D eigenvalue weighted by molar-refractivity contribution is 5.57. The molecule has 0 aromatic heterocycles. The van der Waals surface area contributed by atoms with Crippen molar-refractivity contribution in [2.45, 2.75) is 13.5 Å². The Bertz CT molecular complexity index is 584. The zero-order valence-corrected chi connectivity index (χ0v) is 10.8. The van der Waals surface area contributed by atoms with Gasteiger partial charge in [-0.3, -0.25) is 0 Å². The number of hydrogen-bond donors (Lipinski definition) is 1. The maximum Gasteiger partial charge on any atom is 0.142 e. The van der Waals surface area contributed by atoms with Gasteiger partial charge in [-0.25, -0.2) is 8.78 Å². The summed E-state index contributed by atoms with van der Waals surface area (Å²) in [6.45, 7) is 2.23. The molecule has 2 aromatic carbocycles. The quantitative estimate of drug-likeness (QED) is 0.903. The number of halogens is 2. The van der Waals surface area contributed by atoms with Crippen molar-refractivity contribution < 1.29 is 13.5 Å². The lowest BCUT2D eigenvalue weighted by Crippen LogP contribution is -2.03. The lowest BCUT2D eigenvalue weighted by atomic mass is 10.1. The van der Waals surface area contributed by atoms with E-state index in [-0.39, 0.29) is 6.54 Å². The molecule has 0 fully saturated rings. The predicted molar refractivity (Wildman–Crippen MR) is 71.4 cm³/mol. The summed E-state index contributed by atoms with van der Waals surface area (Å²) in [5.74, 6) is -0.435. The Hall–Kier alpha value is -2.10. The monoisotopic (exact) mass is 263 g/mol. The van der Waals surface area contributed by atoms with Crippen LogP contribution in [0.5, 0.6) is 5.75 Å². The Labute approximate surface area is 111 Å². The minimum atomic E-state index is -0.575. The van der Waals surface area contributed by atoms with Gasteiger partial charge in [0.15, 0.2) is 0 Å². The average molecular weight is 263 g/mol. The van der Waals surface area contributed by atoms with E-state index in [4.69, 9.17) is 4.74 Å². The van der Waals surface area contributed by atoms with Gasteiger partial charge in [-0.15, -0.1) is 0 Å². The second kappa shape index (κ2) is 5.69. The van der Waals surface area contributed by atoms with Crippen LogP contribution in [0.4, 0.5) is 14.5 Å². The molecule has 0 unspecified atom stereocenters. The summed E-state index contributed by atoms with van der Waals surface area (Å²) in [5.41, 5.74) is 2.26. The molecule has 0 saturated carbocycles. The fourth-order valence-corrected chi connectivity index (χ4v) is 1.80. The second-order valence-corrected chi connectivity index (χ2v) is 4.29. The molecule has 4 heteroatoms. The van der Waals surface area contributed by atoms with E-state index in [9.17, 15) is 8.78 Å². The highest BCUT2D eigenvalue weighted by atomic mass is 19.1. The van der Waals surface area contributed by atoms with E-state index in [1.165, 1.54) is 12.1 Å². The van der Waals surface area contributed by atoms with Crippen LogP contribution >= 0.6 is 0 Å². The number of nitrogens with one attached hydrogen (secondary N) is 1. The molecule has 1 N–H and O–H groups in total. The minimum absolute atomic E-state index is 0.269. The third-order valence-electron chi connectivity index (χ3n) is 2.84. The van der Waals surface area contributed by atoms with Crippen molar-refractivity contribution in [1.29, 1.82) is 0 Å². The Morgan fingerprint density at radius 3 is 2.58 bits per heavy atom. The lowest BCUT2D eigenvalue weighted by Gasteiger charge is -2.12. The minimum Gasteiger partial charge on any atom is -0.495 e. The SMILES string of the molecule is COc1cc(C)ccc1NCc1ccc(F)cc1F. The molecule has 0 aliphatic heterocycles. The molecular formula is C15H15F2NO. The van der Waals surface area contributed by atoms with Gasteiger partial charge < -0.3 is 10.1 Å². The molecule has 0 spiro atoms. The van der Waals surface area contributed by atoms with Crippen molar-refractivity contribution in [3.8, 4) is 5.75 Å². The van der Waals surface area contributed by atoms with E-state index in [0.717, 1.165) is 17.3 Å². The molecule has 0 aliphatic carbocycles. The first-order valence-electron chi connectivity index (χ1n) is 5.92. The van der Waals surface area contributed by atoms with Gasteiger partial charge in [-0.1, -0.05) is 12.1 Å². The van der Waals surface area contributed by atoms with Crippen LogP contribution in [0, 0.1) is 18.6 Å². The van der Waals surface area contributed by atoms with Crippen LogP contribution < -0.4 is 10.1 Å². The normalized spacial score (nSPS) is 10.3. The summed E-state index contributed by atoms with van der Waals surface area (Å²) in [4.78, 5) is 0. The van der Waals surface area contributed by atoms with Crippen LogP contribution in [-0.2, 0) is 6.54 Å². The van der Waals surface area contributed by atoms with Crippen molar-refractivity contribution >= 4 is 5.69 Å². The zero-order valence-electron chi connectivity index (χ0n) is 10.8. The van der Waals surface area contributed by atoms with Crippen molar-refractivity contribution in [2.24, 2.45) is 0 Å². The molecule has 2 rings (SSSR count). The van der Waals surface area contributed by atoms with Gasteiger partial charge in [0, 0.05) is 18.2 Å². The van der Waals surface area contributed by atoms with Crippen LogP contribution in [0.3, 0.4) is 0 Å². The Kier molecular flexibility index (Phi) is 4.00. The first kappa shape index (κ1) is 13.3. The van der Waals surface area contributed by atoms with Gasteiger partial charge in [0.1, 0.15) is 17.4 Å². The number of ether oxygens (including phenoxy) is 1. The second-order valence-electron chi connectivity index (χ2n) is 4.29. The van der Waals surface area contributed by atoms with E-state index in [2.05, 4.69) is 5.32 Å². The number of methoxy groups -OCH3 is 1. The molecule has 0 saturated heterocycles. The molecule has 0 bridgehead atoms. The third-order valence-corrected chi connectivity index (χ3v) is 2.84. The van der Waals surface area contributed by atoms with E-state index < -0.39 is 11.6 Å². The molecule has 0 aliphatic rings. The number of hydrogen-bond acceptors (Lipinski definition) is 2. The maximum absolute atomic E-state index is 13.5. The standard InChI is InChI=1S/C15H15F2NO/c1-10-3-6-14(15(7-10)19-2)18-9-11-4-5-12(16)8-13(11)17/h3-8,18H,9H2,1-2H3. The van der Waals surface area contributed by atoms with Crippen LogP contribution in [-0.4, -0.2) is 7.11 Å². The third kappa shape index (κ3) is 3.22. The largest absolute Gasteiger partial charge is 0.495 e. The molecule has 2 nitrogen and oxygen atoms in total. The molecule has 19 heavy (non-hydrogen) atoms. The summed E-state index contributed by atoms with van der Waals surface area (Å²) < 4.78 is 31.5. The first-order chi connectivity index (χ1) is 9.10. The van der Waals surface area contributed by atoms with E-state index in [0.29, 0.717) is 11.3 Å². The van der Waals surface area contributed by atoms with Gasteiger partial charge in [0.25, 0.3) is 0 Å². The number of anilines is 1. The summed E-state index contributed by atoms with van der Waals surface area (Å²) in [7, 11) is 1.58. The van der Waals surface area contributed by atoms with Crippen molar-refractivity contribution in [1.82, 2.24) is 0 Å². The molecule has 0 atom stereocenters. The molecule has 0 heterocycles. The van der Waals surface area contributed by atoms with Crippen LogP contribution in [0.2, 0.25) is 0 Å². The smallest absolute Gasteiger partial charge is 0.142 e. The number of rotatable bonds is 4. The average Bonchev–Trinajstić information content (AvgIpc) is 2.39. The van der Waals surface area contributed by atoms with Gasteiger partial charge in [-0.2, -0.15) is 0 Å². The fourth-order valence-electron chi connectivity index (χ4n) is 1.80. The highest BCUT2D eigenvalue weighted by Gasteiger charge is 2.06. The van der Waals surface area contributed by atoms with Crippen molar-refractivity contribution in [2.75, 3.05) is 12.4 Å². The molecule has 0 amide bonds. The van der Waals surface area contributed by atoms with E-state index >= 15 is 0 Å². The maximum atomic E-state index is 13.5. The molecular weight excluding hydrogens is 248 g/mol. The van der Waals surface area contributed by atoms with Gasteiger partial charge >= 0.3 is 0 Å². The molecule has 2 aromatic rings. The predicted octanol–water partition coefficient (Wildman–Crippen LogP) is 3.89. The Balaban J connectivity index is 2.14. The summed E-state index contributed by atoms with van der Waals surface area (Å²) >= 11 is 0. The lowest BCUT2D eigenvalue weighted by molar-refractivity contribution is 0.416. The van der Waals surface area contributed by atoms with E-state index in [1.807, 2.05) is 25.1 Å².